The van der Waals surface area contributed by atoms with Crippen LogP contribution in [0.1, 0.15) is 34.6 Å². The van der Waals surface area contributed by atoms with Gasteiger partial charge >= 0.3 is 6.09 Å². The molecule has 0 radical (unpaired) electrons. The highest BCUT2D eigenvalue weighted by molar-refractivity contribution is 5.82. The van der Waals surface area contributed by atoms with Gasteiger partial charge in [-0.1, -0.05) is 0 Å². The summed E-state index contributed by atoms with van der Waals surface area (Å²) in [7, 11) is 0. The number of fused-ring (bicyclic) bond motifs is 1. The van der Waals surface area contributed by atoms with Crippen LogP contribution >= 0.6 is 0 Å². The molecule has 3 heterocycles. The molecule has 0 aromatic heterocycles. The molecule has 0 bridgehead atoms. The molecule has 1 atom stereocenters. The van der Waals surface area contributed by atoms with Crippen LogP contribution in [-0.2, 0) is 9.47 Å². The fourth-order valence-electron chi connectivity index (χ4n) is 3.80. The summed E-state index contributed by atoms with van der Waals surface area (Å²) in [6.07, 6.45) is -0.225. The molecule has 0 aliphatic carbocycles. The van der Waals surface area contributed by atoms with Crippen molar-refractivity contribution in [3.05, 3.63) is 0 Å². The van der Waals surface area contributed by atoms with E-state index in [0.29, 0.717) is 13.1 Å². The third kappa shape index (κ3) is 5.04. The van der Waals surface area contributed by atoms with Gasteiger partial charge in [0, 0.05) is 44.8 Å². The molecule has 0 aromatic carbocycles. The number of carbonyl (C=O) groups excluding carboxylic acids is 1. The summed E-state index contributed by atoms with van der Waals surface area (Å²) >= 11 is 0. The minimum absolute atomic E-state index is 0.0444. The molecule has 8 heteroatoms. The number of hydrogen-bond acceptors (Lipinski definition) is 7. The molecule has 1 N–H and O–H groups in total. The lowest BCUT2D eigenvalue weighted by molar-refractivity contribution is -0.00865. The minimum Gasteiger partial charge on any atom is -0.444 e. The number of hydrogen-bond donors (Lipinski definition) is 1. The van der Waals surface area contributed by atoms with Gasteiger partial charge in [0.1, 0.15) is 5.60 Å². The Kier molecular flexibility index (Phi) is 5.86. The normalized spacial score (nSPS) is 24.5. The lowest BCUT2D eigenvalue weighted by atomic mass is 10.0. The maximum Gasteiger partial charge on any atom is 0.410 e. The van der Waals surface area contributed by atoms with Crippen LogP contribution in [0.5, 0.6) is 0 Å². The summed E-state index contributed by atoms with van der Waals surface area (Å²) in [5.74, 6) is 0.963. The fraction of sp³-hybridized carbons (Fsp3) is 0.895. The zero-order valence-corrected chi connectivity index (χ0v) is 17.5. The number of nitrogens with one attached hydrogen (secondary N) is 1. The van der Waals surface area contributed by atoms with E-state index in [-0.39, 0.29) is 17.7 Å². The monoisotopic (exact) mass is 381 g/mol. The van der Waals surface area contributed by atoms with E-state index in [4.69, 9.17) is 14.5 Å². The largest absolute Gasteiger partial charge is 0.444 e. The van der Waals surface area contributed by atoms with Crippen LogP contribution in [0.25, 0.3) is 0 Å². The molecule has 3 aliphatic rings. The number of ether oxygens (including phenoxy) is 2. The van der Waals surface area contributed by atoms with Crippen LogP contribution in [0.15, 0.2) is 4.99 Å². The second-order valence-electron chi connectivity index (χ2n) is 9.20. The van der Waals surface area contributed by atoms with Crippen LogP contribution in [0.3, 0.4) is 0 Å². The van der Waals surface area contributed by atoms with Crippen molar-refractivity contribution in [2.24, 2.45) is 4.99 Å². The summed E-state index contributed by atoms with van der Waals surface area (Å²) in [5, 5.41) is 3.56. The van der Waals surface area contributed by atoms with Gasteiger partial charge in [0.05, 0.1) is 25.8 Å². The maximum atomic E-state index is 12.3. The minimum atomic E-state index is -0.460. The van der Waals surface area contributed by atoms with Crippen molar-refractivity contribution in [3.8, 4) is 0 Å². The van der Waals surface area contributed by atoms with Gasteiger partial charge in [-0.15, -0.1) is 0 Å². The predicted molar refractivity (Wildman–Crippen MR) is 105 cm³/mol. The second-order valence-corrected chi connectivity index (χ2v) is 9.20. The van der Waals surface area contributed by atoms with Crippen molar-refractivity contribution < 1.29 is 14.3 Å². The van der Waals surface area contributed by atoms with Gasteiger partial charge in [-0.25, -0.2) is 4.79 Å². The zero-order chi connectivity index (χ0) is 19.7. The van der Waals surface area contributed by atoms with Gasteiger partial charge in [0.25, 0.3) is 0 Å². The molecule has 0 saturated carbocycles. The number of amides is 1. The molecular weight excluding hydrogens is 346 g/mol. The number of aliphatic imine (C=N–C) groups is 1. The highest BCUT2D eigenvalue weighted by Crippen LogP contribution is 2.20. The zero-order valence-electron chi connectivity index (χ0n) is 17.5. The van der Waals surface area contributed by atoms with Crippen LogP contribution in [0.4, 0.5) is 4.79 Å². The topological polar surface area (TPSA) is 69.6 Å². The molecule has 0 spiro atoms. The smallest absolute Gasteiger partial charge is 0.410 e. The second kappa shape index (κ2) is 7.83. The maximum absolute atomic E-state index is 12.3. The van der Waals surface area contributed by atoms with Crippen molar-refractivity contribution in [1.29, 1.82) is 0 Å². The summed E-state index contributed by atoms with van der Waals surface area (Å²) in [6, 6.07) is 0.236. The highest BCUT2D eigenvalue weighted by atomic mass is 16.6. The Morgan fingerprint density at radius 3 is 2.56 bits per heavy atom. The van der Waals surface area contributed by atoms with E-state index in [9.17, 15) is 4.79 Å². The van der Waals surface area contributed by atoms with Crippen molar-refractivity contribution in [2.45, 2.75) is 51.8 Å². The Morgan fingerprint density at radius 2 is 1.89 bits per heavy atom. The molecule has 1 amide bonds. The standard InChI is InChI=1S/C19H35N5O3/c1-18(2,3)27-17(25)22-6-7-24-15(13-22)12-20-16(24)21-14-19(4,5)23-8-10-26-11-9-23/h15H,6-14H2,1-5H3,(H,20,21). The van der Waals surface area contributed by atoms with E-state index in [1.807, 2.05) is 25.7 Å². The molecule has 27 heavy (non-hydrogen) atoms. The molecule has 8 nitrogen and oxygen atoms in total. The molecule has 1 unspecified atom stereocenters. The molecule has 2 fully saturated rings. The quantitative estimate of drug-likeness (QED) is 0.786. The third-order valence-corrected chi connectivity index (χ3v) is 5.40. The Bertz CT molecular complexity index is 566. The number of morpholine rings is 1. The van der Waals surface area contributed by atoms with E-state index in [2.05, 4.69) is 29.0 Å². The lowest BCUT2D eigenvalue weighted by Gasteiger charge is -2.42. The first-order chi connectivity index (χ1) is 12.7. The molecular formula is C19H35N5O3. The van der Waals surface area contributed by atoms with Crippen molar-refractivity contribution >= 4 is 12.1 Å². The highest BCUT2D eigenvalue weighted by Gasteiger charge is 2.37. The SMILES string of the molecule is CC(C)(C)OC(=O)N1CCN2C(NCC(C)(C)N3CCOCC3)=NCC2C1. The Morgan fingerprint density at radius 1 is 1.19 bits per heavy atom. The number of piperazine rings is 1. The molecule has 3 aliphatic heterocycles. The lowest BCUT2D eigenvalue weighted by Crippen LogP contribution is -2.60. The number of rotatable bonds is 3. The van der Waals surface area contributed by atoms with Crippen molar-refractivity contribution in [2.75, 3.05) is 59.0 Å². The van der Waals surface area contributed by atoms with Gasteiger partial charge < -0.3 is 24.6 Å². The third-order valence-electron chi connectivity index (χ3n) is 5.40. The Labute approximate surface area is 162 Å². The van der Waals surface area contributed by atoms with E-state index < -0.39 is 5.60 Å². The molecule has 2 saturated heterocycles. The molecule has 0 aromatic rings. The van der Waals surface area contributed by atoms with Gasteiger partial charge in [-0.3, -0.25) is 9.89 Å². The van der Waals surface area contributed by atoms with Crippen LogP contribution in [0, 0.1) is 0 Å². The Balaban J connectivity index is 1.49. The number of carbonyl (C=O) groups is 1. The van der Waals surface area contributed by atoms with Crippen LogP contribution in [-0.4, -0.2) is 103 Å². The molecule has 154 valence electrons. The van der Waals surface area contributed by atoms with Gasteiger partial charge in [0.2, 0.25) is 0 Å². The number of nitrogens with zero attached hydrogens (tertiary/aromatic N) is 4. The van der Waals surface area contributed by atoms with E-state index >= 15 is 0 Å². The van der Waals surface area contributed by atoms with Gasteiger partial charge in [-0.2, -0.15) is 0 Å². The van der Waals surface area contributed by atoms with Crippen LogP contribution in [0.2, 0.25) is 0 Å². The summed E-state index contributed by atoms with van der Waals surface area (Å²) in [4.78, 5) is 23.6. The van der Waals surface area contributed by atoms with Crippen molar-refractivity contribution in [3.63, 3.8) is 0 Å². The average molecular weight is 382 g/mol. The van der Waals surface area contributed by atoms with E-state index in [1.54, 1.807) is 0 Å². The first-order valence-electron chi connectivity index (χ1n) is 10.0. The summed E-state index contributed by atoms with van der Waals surface area (Å²) < 4.78 is 11.0. The summed E-state index contributed by atoms with van der Waals surface area (Å²) in [6.45, 7) is 17.5. The average Bonchev–Trinajstić information content (AvgIpc) is 3.02. The molecule has 3 rings (SSSR count). The van der Waals surface area contributed by atoms with E-state index in [1.165, 1.54) is 0 Å². The van der Waals surface area contributed by atoms with Gasteiger partial charge in [-0.05, 0) is 34.6 Å². The summed E-state index contributed by atoms with van der Waals surface area (Å²) in [5.41, 5.74) is -0.416. The number of guanidine groups is 1. The van der Waals surface area contributed by atoms with E-state index in [0.717, 1.165) is 51.9 Å². The fourth-order valence-corrected chi connectivity index (χ4v) is 3.80. The first-order valence-corrected chi connectivity index (χ1v) is 10.0. The first kappa shape index (κ1) is 20.2. The van der Waals surface area contributed by atoms with Gasteiger partial charge in [0.15, 0.2) is 5.96 Å². The predicted octanol–water partition coefficient (Wildman–Crippen LogP) is 0.978. The van der Waals surface area contributed by atoms with Crippen molar-refractivity contribution in [1.82, 2.24) is 20.0 Å². The Hall–Kier alpha value is -1.54. The van der Waals surface area contributed by atoms with Crippen LogP contribution < -0.4 is 5.32 Å².